The number of rotatable bonds is 2. The lowest BCUT2D eigenvalue weighted by Gasteiger charge is -2.16. The monoisotopic (exact) mass is 212 g/mol. The van der Waals surface area contributed by atoms with E-state index in [0.29, 0.717) is 0 Å². The fourth-order valence-electron chi connectivity index (χ4n) is 1.90. The van der Waals surface area contributed by atoms with Crippen LogP contribution in [0, 0.1) is 6.42 Å². The molecule has 0 aliphatic heterocycles. The van der Waals surface area contributed by atoms with Gasteiger partial charge in [-0.05, 0) is 43.0 Å². The zero-order valence-corrected chi connectivity index (χ0v) is 10.2. The van der Waals surface area contributed by atoms with Gasteiger partial charge in [0.15, 0.2) is 0 Å². The van der Waals surface area contributed by atoms with Crippen LogP contribution in [0.2, 0.25) is 0 Å². The van der Waals surface area contributed by atoms with Gasteiger partial charge in [0, 0.05) is 19.8 Å². The first-order valence-electron chi connectivity index (χ1n) is 5.66. The van der Waals surface area contributed by atoms with Crippen molar-refractivity contribution >= 4 is 11.3 Å². The van der Waals surface area contributed by atoms with E-state index in [2.05, 4.69) is 68.8 Å². The Morgan fingerprint density at radius 1 is 1.19 bits per heavy atom. The van der Waals surface area contributed by atoms with E-state index in [-0.39, 0.29) is 0 Å². The molecule has 0 fully saturated rings. The van der Waals surface area contributed by atoms with E-state index in [1.165, 1.54) is 22.4 Å². The lowest BCUT2D eigenvalue weighted by molar-refractivity contribution is 1.13. The van der Waals surface area contributed by atoms with Gasteiger partial charge >= 0.3 is 0 Å². The summed E-state index contributed by atoms with van der Waals surface area (Å²) in [6.45, 7) is 2.16. The average molecular weight is 212 g/mol. The van der Waals surface area contributed by atoms with E-state index in [1.54, 1.807) is 0 Å². The second-order valence-corrected chi connectivity index (χ2v) is 4.43. The van der Waals surface area contributed by atoms with Crippen molar-refractivity contribution in [2.24, 2.45) is 0 Å². The summed E-state index contributed by atoms with van der Waals surface area (Å²) in [6, 6.07) is 8.66. The van der Waals surface area contributed by atoms with Gasteiger partial charge in [0.2, 0.25) is 0 Å². The minimum absolute atomic E-state index is 1.05. The van der Waals surface area contributed by atoms with Gasteiger partial charge < -0.3 is 4.90 Å². The van der Waals surface area contributed by atoms with Crippen molar-refractivity contribution in [3.8, 4) is 0 Å². The molecule has 1 heteroatoms. The molecule has 0 heterocycles. The lowest BCUT2D eigenvalue weighted by atomic mass is 9.94. The first-order chi connectivity index (χ1) is 7.66. The van der Waals surface area contributed by atoms with E-state index in [0.717, 1.165) is 6.42 Å². The van der Waals surface area contributed by atoms with Crippen molar-refractivity contribution in [1.29, 1.82) is 0 Å². The predicted molar refractivity (Wildman–Crippen MR) is 71.4 cm³/mol. The minimum Gasteiger partial charge on any atom is -0.378 e. The largest absolute Gasteiger partial charge is 0.378 e. The van der Waals surface area contributed by atoms with Crippen LogP contribution in [0.4, 0.5) is 5.69 Å². The molecule has 0 unspecified atom stereocenters. The Morgan fingerprint density at radius 3 is 2.69 bits per heavy atom. The highest BCUT2D eigenvalue weighted by Crippen LogP contribution is 2.27. The highest BCUT2D eigenvalue weighted by atomic mass is 15.1. The van der Waals surface area contributed by atoms with Crippen molar-refractivity contribution in [3.63, 3.8) is 0 Å². The van der Waals surface area contributed by atoms with Crippen LogP contribution in [-0.2, 0) is 0 Å². The molecule has 0 saturated carbocycles. The van der Waals surface area contributed by atoms with Crippen LogP contribution in [0.15, 0.2) is 42.0 Å². The number of anilines is 1. The molecule has 0 bridgehead atoms. The third kappa shape index (κ3) is 2.35. The van der Waals surface area contributed by atoms with Gasteiger partial charge in [-0.2, -0.15) is 0 Å². The van der Waals surface area contributed by atoms with E-state index in [9.17, 15) is 0 Å². The summed E-state index contributed by atoms with van der Waals surface area (Å²) in [7, 11) is 4.15. The normalized spacial score (nSPS) is 15.4. The van der Waals surface area contributed by atoms with Crippen LogP contribution in [0.5, 0.6) is 0 Å². The van der Waals surface area contributed by atoms with E-state index in [4.69, 9.17) is 0 Å². The van der Waals surface area contributed by atoms with Crippen molar-refractivity contribution < 1.29 is 0 Å². The summed E-state index contributed by atoms with van der Waals surface area (Å²) in [5.41, 5.74) is 5.24. The van der Waals surface area contributed by atoms with Crippen LogP contribution in [0.1, 0.15) is 18.9 Å². The SMILES string of the molecule is CC1=CC[CH]C(c2cccc(N(C)C)c2)=C1. The average Bonchev–Trinajstić information content (AvgIpc) is 2.29. The third-order valence-electron chi connectivity index (χ3n) is 2.86. The molecule has 1 aliphatic rings. The molecule has 0 spiro atoms. The van der Waals surface area contributed by atoms with Crippen molar-refractivity contribution in [2.75, 3.05) is 19.0 Å². The molecule has 1 nitrogen and oxygen atoms in total. The van der Waals surface area contributed by atoms with Gasteiger partial charge in [-0.25, -0.2) is 0 Å². The quantitative estimate of drug-likeness (QED) is 0.722. The molecule has 2 rings (SSSR count). The molecule has 1 aliphatic carbocycles. The maximum Gasteiger partial charge on any atom is 0.0367 e. The Hall–Kier alpha value is -1.50. The first-order valence-corrected chi connectivity index (χ1v) is 5.66. The van der Waals surface area contributed by atoms with Crippen molar-refractivity contribution in [3.05, 3.63) is 54.0 Å². The Morgan fingerprint density at radius 2 is 2.00 bits per heavy atom. The molecule has 0 atom stereocenters. The number of allylic oxidation sites excluding steroid dienone is 4. The van der Waals surface area contributed by atoms with Crippen LogP contribution >= 0.6 is 0 Å². The van der Waals surface area contributed by atoms with Crippen LogP contribution in [0.3, 0.4) is 0 Å². The summed E-state index contributed by atoms with van der Waals surface area (Å²) in [4.78, 5) is 2.13. The fraction of sp³-hybridized carbons (Fsp3) is 0.267. The molecule has 1 radical (unpaired) electrons. The van der Waals surface area contributed by atoms with Gasteiger partial charge in [0.1, 0.15) is 0 Å². The summed E-state index contributed by atoms with van der Waals surface area (Å²) in [5, 5.41) is 0. The minimum atomic E-state index is 1.05. The zero-order valence-electron chi connectivity index (χ0n) is 10.2. The van der Waals surface area contributed by atoms with E-state index < -0.39 is 0 Å². The highest BCUT2D eigenvalue weighted by Gasteiger charge is 2.06. The molecule has 0 amide bonds. The maximum atomic E-state index is 2.28. The van der Waals surface area contributed by atoms with E-state index >= 15 is 0 Å². The third-order valence-corrected chi connectivity index (χ3v) is 2.86. The Balaban J connectivity index is 2.34. The molecule has 0 saturated heterocycles. The van der Waals surface area contributed by atoms with Gasteiger partial charge in [0.25, 0.3) is 0 Å². The van der Waals surface area contributed by atoms with Gasteiger partial charge in [-0.3, -0.25) is 0 Å². The molecule has 16 heavy (non-hydrogen) atoms. The predicted octanol–water partition coefficient (Wildman–Crippen LogP) is 3.69. The second-order valence-electron chi connectivity index (χ2n) is 4.43. The topological polar surface area (TPSA) is 3.24 Å². The molecule has 1 aromatic carbocycles. The number of nitrogens with zero attached hydrogens (tertiary/aromatic N) is 1. The van der Waals surface area contributed by atoms with Crippen LogP contribution in [0.25, 0.3) is 5.57 Å². The second kappa shape index (κ2) is 4.56. The summed E-state index contributed by atoms with van der Waals surface area (Å²) in [5.74, 6) is 0. The number of hydrogen-bond acceptors (Lipinski definition) is 1. The number of benzene rings is 1. The van der Waals surface area contributed by atoms with Crippen molar-refractivity contribution in [1.82, 2.24) is 0 Å². The molecule has 1 aromatic rings. The first kappa shape index (κ1) is 11.0. The Kier molecular flexibility index (Phi) is 3.14. The maximum absolute atomic E-state index is 2.28. The molecule has 0 N–H and O–H groups in total. The highest BCUT2D eigenvalue weighted by molar-refractivity contribution is 5.77. The Labute approximate surface area is 98.1 Å². The molecular formula is C15H18N. The van der Waals surface area contributed by atoms with Gasteiger partial charge in [-0.15, -0.1) is 0 Å². The summed E-state index contributed by atoms with van der Waals surface area (Å²) >= 11 is 0. The van der Waals surface area contributed by atoms with E-state index in [1.807, 2.05) is 0 Å². The Bertz CT molecular complexity index is 439. The zero-order chi connectivity index (χ0) is 11.5. The van der Waals surface area contributed by atoms with Crippen molar-refractivity contribution in [2.45, 2.75) is 13.3 Å². The summed E-state index contributed by atoms with van der Waals surface area (Å²) in [6.07, 6.45) is 7.82. The fourth-order valence-corrected chi connectivity index (χ4v) is 1.90. The lowest BCUT2D eigenvalue weighted by Crippen LogP contribution is -2.08. The standard InChI is InChI=1S/C15H18N/c1-12-6-4-7-13(10-12)14-8-5-9-15(11-14)16(2)3/h5-11H,4H2,1-3H3. The molecule has 0 aromatic heterocycles. The number of hydrogen-bond donors (Lipinski definition) is 0. The summed E-state index contributed by atoms with van der Waals surface area (Å²) < 4.78 is 0. The van der Waals surface area contributed by atoms with Gasteiger partial charge in [0.05, 0.1) is 0 Å². The van der Waals surface area contributed by atoms with Gasteiger partial charge in [-0.1, -0.05) is 29.9 Å². The van der Waals surface area contributed by atoms with Crippen LogP contribution in [-0.4, -0.2) is 14.1 Å². The molecule has 83 valence electrons. The molecular weight excluding hydrogens is 194 g/mol. The van der Waals surface area contributed by atoms with Crippen LogP contribution < -0.4 is 4.90 Å². The smallest absolute Gasteiger partial charge is 0.0367 e.